The van der Waals surface area contributed by atoms with Crippen molar-refractivity contribution in [2.45, 2.75) is 50.8 Å². The van der Waals surface area contributed by atoms with Gasteiger partial charge in [0, 0.05) is 19.0 Å². The van der Waals surface area contributed by atoms with Crippen molar-refractivity contribution < 1.29 is 9.53 Å². The lowest BCUT2D eigenvalue weighted by Gasteiger charge is -2.41. The maximum absolute atomic E-state index is 11.5. The van der Waals surface area contributed by atoms with E-state index in [1.54, 1.807) is 6.92 Å². The lowest BCUT2D eigenvalue weighted by Crippen LogP contribution is -2.51. The average molecular weight is 393 g/mol. The molecule has 1 fully saturated rings. The normalized spacial score (nSPS) is 24.5. The summed E-state index contributed by atoms with van der Waals surface area (Å²) < 4.78 is 6.62. The summed E-state index contributed by atoms with van der Waals surface area (Å²) in [7, 11) is 4.37. The zero-order valence-corrected chi connectivity index (χ0v) is 17.8. The van der Waals surface area contributed by atoms with Crippen LogP contribution in [0.2, 0.25) is 0 Å². The number of ether oxygens (including phenoxy) is 1. The number of fused-ring (bicyclic) bond motifs is 1. The van der Waals surface area contributed by atoms with Crippen LogP contribution in [0.5, 0.6) is 5.75 Å². The van der Waals surface area contributed by atoms with Crippen LogP contribution >= 0.6 is 0 Å². The Kier molecular flexibility index (Phi) is 6.02. The number of ketones is 1. The number of hydrogen-bond acceptors (Lipinski definition) is 4. The summed E-state index contributed by atoms with van der Waals surface area (Å²) in [5.41, 5.74) is 3.72. The Hall–Kier alpha value is -2.17. The molecule has 4 heteroatoms. The highest BCUT2D eigenvalue weighted by molar-refractivity contribution is 5.78. The number of nitrogens with zero attached hydrogens (tertiary/aromatic N) is 2. The molecule has 2 aliphatic rings. The number of carbonyl (C=O) groups is 1. The first-order valence-electron chi connectivity index (χ1n) is 10.7. The molecule has 0 saturated carbocycles. The fourth-order valence-electron chi connectivity index (χ4n) is 4.87. The van der Waals surface area contributed by atoms with Crippen molar-refractivity contribution in [3.05, 3.63) is 65.2 Å². The molecule has 0 unspecified atom stereocenters. The summed E-state index contributed by atoms with van der Waals surface area (Å²) in [5.74, 6) is 1.03. The van der Waals surface area contributed by atoms with Crippen LogP contribution in [-0.2, 0) is 17.6 Å². The summed E-state index contributed by atoms with van der Waals surface area (Å²) in [4.78, 5) is 16.5. The average Bonchev–Trinajstić information content (AvgIpc) is 3.06. The zero-order chi connectivity index (χ0) is 20.4. The van der Waals surface area contributed by atoms with E-state index in [0.29, 0.717) is 18.5 Å². The van der Waals surface area contributed by atoms with E-state index in [9.17, 15) is 4.79 Å². The van der Waals surface area contributed by atoms with Gasteiger partial charge in [-0.15, -0.1) is 0 Å². The Morgan fingerprint density at radius 1 is 1.17 bits per heavy atom. The summed E-state index contributed by atoms with van der Waals surface area (Å²) in [5, 5.41) is 0. The van der Waals surface area contributed by atoms with Crippen LogP contribution in [0.25, 0.3) is 0 Å². The van der Waals surface area contributed by atoms with Crippen molar-refractivity contribution in [2.75, 3.05) is 27.2 Å². The van der Waals surface area contributed by atoms with E-state index in [2.05, 4.69) is 48.2 Å². The van der Waals surface area contributed by atoms with Gasteiger partial charge in [0.15, 0.2) is 0 Å². The van der Waals surface area contributed by atoms with E-state index >= 15 is 0 Å². The smallest absolute Gasteiger partial charge is 0.140 e. The maximum Gasteiger partial charge on any atom is 0.140 e. The fraction of sp³-hybridized carbons (Fsp3) is 0.480. The van der Waals surface area contributed by atoms with Crippen molar-refractivity contribution in [3.8, 4) is 5.75 Å². The molecule has 1 aliphatic heterocycles. The summed E-state index contributed by atoms with van der Waals surface area (Å²) in [6.07, 6.45) is 4.02. The number of benzene rings is 2. The van der Waals surface area contributed by atoms with Crippen LogP contribution in [0, 0.1) is 0 Å². The molecule has 1 saturated heterocycles. The van der Waals surface area contributed by atoms with E-state index in [1.165, 1.54) is 24.0 Å². The number of likely N-dealkylation sites (N-methyl/N-ethyl adjacent to an activating group) is 1. The first-order valence-corrected chi connectivity index (χ1v) is 10.7. The number of Topliss-reactive ketones (excluding diaryl/α,β-unsaturated/α-hetero) is 1. The maximum atomic E-state index is 11.5. The third-order valence-electron chi connectivity index (χ3n) is 6.38. The van der Waals surface area contributed by atoms with Gasteiger partial charge >= 0.3 is 0 Å². The molecule has 0 radical (unpaired) electrons. The van der Waals surface area contributed by atoms with E-state index < -0.39 is 0 Å². The second-order valence-corrected chi connectivity index (χ2v) is 8.79. The zero-order valence-electron chi connectivity index (χ0n) is 17.8. The molecular weight excluding hydrogens is 360 g/mol. The van der Waals surface area contributed by atoms with Gasteiger partial charge in [-0.3, -0.25) is 9.69 Å². The van der Waals surface area contributed by atoms with Crippen LogP contribution in [0.4, 0.5) is 0 Å². The van der Waals surface area contributed by atoms with E-state index in [-0.39, 0.29) is 11.9 Å². The largest absolute Gasteiger partial charge is 0.484 e. The van der Waals surface area contributed by atoms with Gasteiger partial charge in [-0.05, 0) is 75.6 Å². The topological polar surface area (TPSA) is 32.8 Å². The molecule has 3 atom stereocenters. The molecule has 0 spiro atoms. The number of likely N-dealkylation sites (tertiary alicyclic amines) is 1. The standard InChI is InChI=1S/C25H32N2O2/c1-18(28)14-19-8-6-11-22(15-19)29-25-23-12-5-4-9-20(23)16-24(25)27-13-7-10-21(17-27)26(2)3/h4-6,8-9,11-12,15,21,24-25H,7,10,13-14,16-17H2,1-3H3/t21-,24+,25+/m1/s1. The van der Waals surface area contributed by atoms with Gasteiger partial charge in [-0.1, -0.05) is 36.4 Å². The first kappa shape index (κ1) is 20.1. The third-order valence-corrected chi connectivity index (χ3v) is 6.38. The molecule has 0 bridgehead atoms. The molecule has 154 valence electrons. The van der Waals surface area contributed by atoms with Gasteiger partial charge in [-0.25, -0.2) is 0 Å². The number of carbonyl (C=O) groups excluding carboxylic acids is 1. The van der Waals surface area contributed by atoms with Crippen LogP contribution in [0.3, 0.4) is 0 Å². The highest BCUT2D eigenvalue weighted by Gasteiger charge is 2.39. The minimum atomic E-state index is 0.0275. The van der Waals surface area contributed by atoms with Crippen molar-refractivity contribution in [1.29, 1.82) is 0 Å². The highest BCUT2D eigenvalue weighted by Crippen LogP contribution is 2.39. The molecule has 2 aromatic rings. The molecule has 0 N–H and O–H groups in total. The minimum absolute atomic E-state index is 0.0275. The van der Waals surface area contributed by atoms with Gasteiger partial charge < -0.3 is 9.64 Å². The van der Waals surface area contributed by atoms with Crippen molar-refractivity contribution in [2.24, 2.45) is 0 Å². The molecule has 0 aromatic heterocycles. The fourth-order valence-corrected chi connectivity index (χ4v) is 4.87. The van der Waals surface area contributed by atoms with E-state index in [1.807, 2.05) is 24.3 Å². The second-order valence-electron chi connectivity index (χ2n) is 8.79. The summed E-state index contributed by atoms with van der Waals surface area (Å²) >= 11 is 0. The van der Waals surface area contributed by atoms with Crippen LogP contribution in [0.15, 0.2) is 48.5 Å². The third kappa shape index (κ3) is 4.54. The second kappa shape index (κ2) is 8.68. The predicted octanol–water partition coefficient (Wildman–Crippen LogP) is 3.89. The number of rotatable bonds is 6. The van der Waals surface area contributed by atoms with Crippen LogP contribution < -0.4 is 4.74 Å². The Morgan fingerprint density at radius 2 is 2.00 bits per heavy atom. The Labute approximate surface area is 174 Å². The van der Waals surface area contributed by atoms with Gasteiger partial charge in [0.05, 0.1) is 6.04 Å². The lowest BCUT2D eigenvalue weighted by molar-refractivity contribution is -0.116. The Morgan fingerprint density at radius 3 is 2.79 bits per heavy atom. The highest BCUT2D eigenvalue weighted by atomic mass is 16.5. The minimum Gasteiger partial charge on any atom is -0.484 e. The Balaban J connectivity index is 1.59. The van der Waals surface area contributed by atoms with Crippen molar-refractivity contribution >= 4 is 5.78 Å². The van der Waals surface area contributed by atoms with Gasteiger partial charge in [-0.2, -0.15) is 0 Å². The van der Waals surface area contributed by atoms with Gasteiger partial charge in [0.2, 0.25) is 0 Å². The quantitative estimate of drug-likeness (QED) is 0.747. The molecule has 2 aromatic carbocycles. The molecule has 29 heavy (non-hydrogen) atoms. The van der Waals surface area contributed by atoms with Crippen molar-refractivity contribution in [1.82, 2.24) is 9.80 Å². The molecule has 1 aliphatic carbocycles. The molecule has 0 amide bonds. The molecular formula is C25H32N2O2. The van der Waals surface area contributed by atoms with Crippen molar-refractivity contribution in [3.63, 3.8) is 0 Å². The Bertz CT molecular complexity index is 863. The number of hydrogen-bond donors (Lipinski definition) is 0. The summed E-state index contributed by atoms with van der Waals surface area (Å²) in [6, 6.07) is 17.7. The molecule has 4 nitrogen and oxygen atoms in total. The molecule has 4 rings (SSSR count). The SMILES string of the molecule is CC(=O)Cc1cccc(O[C@H]2c3ccccc3C[C@@H]2N2CCC[C@@H](N(C)C)C2)c1. The first-order chi connectivity index (χ1) is 14.0. The number of piperidine rings is 1. The van der Waals surface area contributed by atoms with Gasteiger partial charge in [0.25, 0.3) is 0 Å². The van der Waals surface area contributed by atoms with E-state index in [4.69, 9.17) is 4.74 Å². The lowest BCUT2D eigenvalue weighted by atomic mass is 10.0. The van der Waals surface area contributed by atoms with Crippen LogP contribution in [-0.4, -0.2) is 54.9 Å². The summed E-state index contributed by atoms with van der Waals surface area (Å²) in [6.45, 7) is 3.86. The van der Waals surface area contributed by atoms with Gasteiger partial charge in [0.1, 0.15) is 17.6 Å². The van der Waals surface area contributed by atoms with E-state index in [0.717, 1.165) is 30.8 Å². The predicted molar refractivity (Wildman–Crippen MR) is 116 cm³/mol. The van der Waals surface area contributed by atoms with Crippen LogP contribution in [0.1, 0.15) is 42.6 Å². The molecule has 1 heterocycles. The monoisotopic (exact) mass is 392 g/mol.